The van der Waals surface area contributed by atoms with Gasteiger partial charge in [0.25, 0.3) is 5.91 Å². The van der Waals surface area contributed by atoms with Crippen molar-refractivity contribution < 1.29 is 4.79 Å². The molecule has 3 rings (SSSR count). The van der Waals surface area contributed by atoms with E-state index in [4.69, 9.17) is 34.7 Å². The van der Waals surface area contributed by atoms with Crippen molar-refractivity contribution in [1.82, 2.24) is 4.98 Å². The summed E-state index contributed by atoms with van der Waals surface area (Å²) in [6.07, 6.45) is 0. The molecule has 2 aromatic carbocycles. The maximum absolute atomic E-state index is 11.6. The van der Waals surface area contributed by atoms with Gasteiger partial charge in [-0.05, 0) is 29.8 Å². The van der Waals surface area contributed by atoms with Crippen LogP contribution in [0.1, 0.15) is 10.4 Å². The maximum atomic E-state index is 11.6. The molecule has 1 heterocycles. The Hall–Kier alpha value is -2.56. The molecule has 4 nitrogen and oxygen atoms in total. The van der Waals surface area contributed by atoms with Crippen LogP contribution in [0.25, 0.3) is 22.4 Å². The number of rotatable bonds is 3. The lowest BCUT2D eigenvalue weighted by atomic mass is 9.97. The first-order chi connectivity index (χ1) is 11.5. The molecule has 1 amide bonds. The third-order valence-electron chi connectivity index (χ3n) is 3.60. The number of hydrogen-bond acceptors (Lipinski definition) is 3. The summed E-state index contributed by atoms with van der Waals surface area (Å²) in [7, 11) is 0. The van der Waals surface area contributed by atoms with Crippen LogP contribution in [0.15, 0.2) is 54.6 Å². The number of primary amides is 1. The number of anilines is 1. The minimum absolute atomic E-state index is 0.0649. The first-order valence-corrected chi connectivity index (χ1v) is 7.84. The molecule has 1 aromatic heterocycles. The van der Waals surface area contributed by atoms with Gasteiger partial charge in [-0.1, -0.05) is 53.5 Å². The Morgan fingerprint density at radius 1 is 0.958 bits per heavy atom. The summed E-state index contributed by atoms with van der Waals surface area (Å²) in [4.78, 5) is 16.0. The van der Waals surface area contributed by atoms with Gasteiger partial charge in [0, 0.05) is 21.2 Å². The fraction of sp³-hybridized carbons (Fsp3) is 0. The van der Waals surface area contributed by atoms with Crippen LogP contribution in [0, 0.1) is 0 Å². The molecule has 0 aliphatic carbocycles. The molecule has 0 aliphatic rings. The van der Waals surface area contributed by atoms with Crippen molar-refractivity contribution in [3.05, 3.63) is 70.2 Å². The number of pyridine rings is 1. The Morgan fingerprint density at radius 2 is 1.62 bits per heavy atom. The number of carbonyl (C=O) groups excluding carboxylic acids is 1. The van der Waals surface area contributed by atoms with Crippen LogP contribution in [0.5, 0.6) is 0 Å². The Balaban J connectivity index is 2.31. The Kier molecular flexibility index (Phi) is 4.42. The summed E-state index contributed by atoms with van der Waals surface area (Å²) >= 11 is 12.3. The number of nitrogen functional groups attached to an aromatic ring is 1. The first-order valence-electron chi connectivity index (χ1n) is 7.08. The SMILES string of the molecule is NC(=O)c1cc(-c2ccc(Cl)cc2)c(-c2ccccc2Cl)nc1N. The van der Waals surface area contributed by atoms with E-state index in [2.05, 4.69) is 4.98 Å². The van der Waals surface area contributed by atoms with E-state index in [1.165, 1.54) is 0 Å². The molecule has 0 radical (unpaired) electrons. The first kappa shape index (κ1) is 16.3. The summed E-state index contributed by atoms with van der Waals surface area (Å²) in [6, 6.07) is 16.1. The highest BCUT2D eigenvalue weighted by Gasteiger charge is 2.17. The molecule has 0 spiro atoms. The zero-order chi connectivity index (χ0) is 17.3. The summed E-state index contributed by atoms with van der Waals surface area (Å²) in [5.74, 6) is -0.573. The second-order valence-electron chi connectivity index (χ2n) is 5.17. The quantitative estimate of drug-likeness (QED) is 0.728. The zero-order valence-electron chi connectivity index (χ0n) is 12.5. The molecule has 4 N–H and O–H groups in total. The highest BCUT2D eigenvalue weighted by molar-refractivity contribution is 6.33. The van der Waals surface area contributed by atoms with Crippen molar-refractivity contribution in [2.75, 3.05) is 5.73 Å². The topological polar surface area (TPSA) is 82.0 Å². The van der Waals surface area contributed by atoms with E-state index in [0.717, 1.165) is 5.56 Å². The average molecular weight is 358 g/mol. The Morgan fingerprint density at radius 3 is 2.25 bits per heavy atom. The number of aromatic nitrogens is 1. The average Bonchev–Trinajstić information content (AvgIpc) is 2.56. The monoisotopic (exact) mass is 357 g/mol. The van der Waals surface area contributed by atoms with Crippen LogP contribution in [0.4, 0.5) is 5.82 Å². The van der Waals surface area contributed by atoms with Gasteiger partial charge in [0.2, 0.25) is 0 Å². The van der Waals surface area contributed by atoms with E-state index in [9.17, 15) is 4.79 Å². The minimum atomic E-state index is -0.638. The smallest absolute Gasteiger partial charge is 0.252 e. The molecule has 0 unspecified atom stereocenters. The molecule has 6 heteroatoms. The van der Waals surface area contributed by atoms with Crippen molar-refractivity contribution in [3.63, 3.8) is 0 Å². The molecule has 0 bridgehead atoms. The molecule has 24 heavy (non-hydrogen) atoms. The van der Waals surface area contributed by atoms with Crippen molar-refractivity contribution >= 4 is 34.9 Å². The van der Waals surface area contributed by atoms with Crippen molar-refractivity contribution in [2.45, 2.75) is 0 Å². The summed E-state index contributed by atoms with van der Waals surface area (Å²) in [5, 5.41) is 1.14. The molecule has 3 aromatic rings. The van der Waals surface area contributed by atoms with Crippen LogP contribution >= 0.6 is 23.2 Å². The van der Waals surface area contributed by atoms with Crippen LogP contribution in [0.3, 0.4) is 0 Å². The number of halogens is 2. The fourth-order valence-corrected chi connectivity index (χ4v) is 2.78. The zero-order valence-corrected chi connectivity index (χ0v) is 14.0. The normalized spacial score (nSPS) is 10.6. The van der Waals surface area contributed by atoms with Gasteiger partial charge >= 0.3 is 0 Å². The van der Waals surface area contributed by atoms with Crippen LogP contribution < -0.4 is 11.5 Å². The third-order valence-corrected chi connectivity index (χ3v) is 4.18. The predicted molar refractivity (Wildman–Crippen MR) is 98.1 cm³/mol. The lowest BCUT2D eigenvalue weighted by Crippen LogP contribution is -2.15. The standard InChI is InChI=1S/C18H13Cl2N3O/c19-11-7-5-10(6-8-11)13-9-14(18(22)24)17(21)23-16(13)12-3-1-2-4-15(12)20/h1-9H,(H2,21,23)(H2,22,24). The molecule has 0 fully saturated rings. The predicted octanol–water partition coefficient (Wildman–Crippen LogP) is 4.40. The van der Waals surface area contributed by atoms with Gasteiger partial charge in [0.1, 0.15) is 5.82 Å². The van der Waals surface area contributed by atoms with Gasteiger partial charge in [0.15, 0.2) is 0 Å². The molecule has 120 valence electrons. The highest BCUT2D eigenvalue weighted by Crippen LogP contribution is 2.36. The van der Waals surface area contributed by atoms with Gasteiger partial charge in [-0.25, -0.2) is 4.98 Å². The number of nitrogens with two attached hydrogens (primary N) is 2. The van der Waals surface area contributed by atoms with Crippen molar-refractivity contribution in [2.24, 2.45) is 5.73 Å². The highest BCUT2D eigenvalue weighted by atomic mass is 35.5. The Bertz CT molecular complexity index is 924. The molecule has 0 atom stereocenters. The lowest BCUT2D eigenvalue weighted by Gasteiger charge is -2.14. The molecule has 0 aliphatic heterocycles. The summed E-state index contributed by atoms with van der Waals surface area (Å²) in [5.41, 5.74) is 14.3. The number of nitrogens with zero attached hydrogens (tertiary/aromatic N) is 1. The van der Waals surface area contributed by atoms with E-state index in [0.29, 0.717) is 26.9 Å². The molecular weight excluding hydrogens is 345 g/mol. The van der Waals surface area contributed by atoms with Gasteiger partial charge < -0.3 is 11.5 Å². The largest absolute Gasteiger partial charge is 0.383 e. The van der Waals surface area contributed by atoms with Gasteiger partial charge in [-0.15, -0.1) is 0 Å². The molecule has 0 saturated heterocycles. The number of carbonyl (C=O) groups is 1. The van der Waals surface area contributed by atoms with Crippen LogP contribution in [-0.4, -0.2) is 10.9 Å². The van der Waals surface area contributed by atoms with E-state index in [1.807, 2.05) is 30.3 Å². The van der Waals surface area contributed by atoms with E-state index < -0.39 is 5.91 Å². The molecular formula is C18H13Cl2N3O. The minimum Gasteiger partial charge on any atom is -0.383 e. The number of amides is 1. The van der Waals surface area contributed by atoms with Crippen LogP contribution in [-0.2, 0) is 0 Å². The third kappa shape index (κ3) is 3.07. The molecule has 0 saturated carbocycles. The van der Waals surface area contributed by atoms with Gasteiger partial charge in [0.05, 0.1) is 11.3 Å². The van der Waals surface area contributed by atoms with Crippen molar-refractivity contribution in [1.29, 1.82) is 0 Å². The fourth-order valence-electron chi connectivity index (χ4n) is 2.43. The van der Waals surface area contributed by atoms with Gasteiger partial charge in [-0.3, -0.25) is 4.79 Å². The second kappa shape index (κ2) is 6.51. The van der Waals surface area contributed by atoms with E-state index in [1.54, 1.807) is 24.3 Å². The lowest BCUT2D eigenvalue weighted by molar-refractivity contribution is 0.100. The Labute approximate surface area is 149 Å². The van der Waals surface area contributed by atoms with Gasteiger partial charge in [-0.2, -0.15) is 0 Å². The maximum Gasteiger partial charge on any atom is 0.252 e. The van der Waals surface area contributed by atoms with Crippen molar-refractivity contribution in [3.8, 4) is 22.4 Å². The second-order valence-corrected chi connectivity index (χ2v) is 6.01. The van der Waals surface area contributed by atoms with Crippen LogP contribution in [0.2, 0.25) is 10.0 Å². The summed E-state index contributed by atoms with van der Waals surface area (Å²) in [6.45, 7) is 0. The van der Waals surface area contributed by atoms with E-state index >= 15 is 0 Å². The number of hydrogen-bond donors (Lipinski definition) is 2. The number of benzene rings is 2. The summed E-state index contributed by atoms with van der Waals surface area (Å²) < 4.78 is 0. The van der Waals surface area contributed by atoms with E-state index in [-0.39, 0.29) is 11.4 Å².